The van der Waals surface area contributed by atoms with Crippen LogP contribution in [0.5, 0.6) is 5.75 Å². The molecule has 1 aromatic carbocycles. The average Bonchev–Trinajstić information content (AvgIpc) is 2.19. The smallest absolute Gasteiger partial charge is 0.119 e. The lowest BCUT2D eigenvalue weighted by Gasteiger charge is -2.14. The SMILES string of the molecule is CCOc1cccc(C(C#N)C(C)C)c1. The molecule has 0 amide bonds. The average molecular weight is 203 g/mol. The molecular formula is C13H17NO. The van der Waals surface area contributed by atoms with Crippen molar-refractivity contribution < 1.29 is 4.74 Å². The van der Waals surface area contributed by atoms with Crippen LogP contribution >= 0.6 is 0 Å². The Morgan fingerprint density at radius 2 is 2.13 bits per heavy atom. The van der Waals surface area contributed by atoms with Crippen molar-refractivity contribution in [3.63, 3.8) is 0 Å². The predicted octanol–water partition coefficient (Wildman–Crippen LogP) is 3.35. The molecule has 1 atom stereocenters. The van der Waals surface area contributed by atoms with E-state index in [4.69, 9.17) is 10.00 Å². The highest BCUT2D eigenvalue weighted by Crippen LogP contribution is 2.26. The summed E-state index contributed by atoms with van der Waals surface area (Å²) in [6, 6.07) is 10.1. The second-order valence-electron chi connectivity index (χ2n) is 3.86. The Morgan fingerprint density at radius 1 is 1.40 bits per heavy atom. The second-order valence-corrected chi connectivity index (χ2v) is 3.86. The van der Waals surface area contributed by atoms with E-state index in [1.54, 1.807) is 0 Å². The molecule has 1 rings (SSSR count). The number of hydrogen-bond donors (Lipinski definition) is 0. The molecular weight excluding hydrogens is 186 g/mol. The van der Waals surface area contributed by atoms with E-state index in [2.05, 4.69) is 19.9 Å². The number of hydrogen-bond acceptors (Lipinski definition) is 2. The van der Waals surface area contributed by atoms with Crippen molar-refractivity contribution in [3.8, 4) is 11.8 Å². The molecule has 0 saturated heterocycles. The zero-order valence-electron chi connectivity index (χ0n) is 9.53. The Balaban J connectivity index is 2.94. The molecule has 0 aliphatic carbocycles. The van der Waals surface area contributed by atoms with Gasteiger partial charge in [-0.1, -0.05) is 26.0 Å². The molecule has 2 heteroatoms. The van der Waals surface area contributed by atoms with Gasteiger partial charge in [-0.3, -0.25) is 0 Å². The third kappa shape index (κ3) is 2.99. The van der Waals surface area contributed by atoms with Crippen LogP contribution in [-0.4, -0.2) is 6.61 Å². The molecule has 1 unspecified atom stereocenters. The maximum Gasteiger partial charge on any atom is 0.119 e. The van der Waals surface area contributed by atoms with Gasteiger partial charge >= 0.3 is 0 Å². The van der Waals surface area contributed by atoms with E-state index in [0.29, 0.717) is 12.5 Å². The summed E-state index contributed by atoms with van der Waals surface area (Å²) in [5, 5.41) is 9.08. The van der Waals surface area contributed by atoms with Crippen LogP contribution in [0.15, 0.2) is 24.3 Å². The van der Waals surface area contributed by atoms with Crippen molar-refractivity contribution in [1.82, 2.24) is 0 Å². The predicted molar refractivity (Wildman–Crippen MR) is 60.8 cm³/mol. The minimum Gasteiger partial charge on any atom is -0.494 e. The lowest BCUT2D eigenvalue weighted by molar-refractivity contribution is 0.339. The van der Waals surface area contributed by atoms with Crippen molar-refractivity contribution in [1.29, 1.82) is 5.26 Å². The van der Waals surface area contributed by atoms with E-state index in [1.807, 2.05) is 31.2 Å². The first-order valence-corrected chi connectivity index (χ1v) is 5.31. The highest BCUT2D eigenvalue weighted by Gasteiger charge is 2.15. The fraction of sp³-hybridized carbons (Fsp3) is 0.462. The minimum absolute atomic E-state index is 0.0505. The highest BCUT2D eigenvalue weighted by atomic mass is 16.5. The highest BCUT2D eigenvalue weighted by molar-refractivity contribution is 5.33. The third-order valence-electron chi connectivity index (χ3n) is 2.33. The molecule has 0 aromatic heterocycles. The normalized spacial score (nSPS) is 12.2. The van der Waals surface area contributed by atoms with Crippen LogP contribution in [0.1, 0.15) is 32.3 Å². The zero-order valence-corrected chi connectivity index (χ0v) is 9.53. The van der Waals surface area contributed by atoms with E-state index in [9.17, 15) is 0 Å². The summed E-state index contributed by atoms with van der Waals surface area (Å²) in [6.45, 7) is 6.72. The largest absolute Gasteiger partial charge is 0.494 e. The van der Waals surface area contributed by atoms with Crippen LogP contribution in [0.25, 0.3) is 0 Å². The lowest BCUT2D eigenvalue weighted by atomic mass is 9.90. The molecule has 0 saturated carbocycles. The zero-order chi connectivity index (χ0) is 11.3. The molecule has 2 nitrogen and oxygen atoms in total. The lowest BCUT2D eigenvalue weighted by Crippen LogP contribution is -2.04. The van der Waals surface area contributed by atoms with Gasteiger partial charge in [0.2, 0.25) is 0 Å². The van der Waals surface area contributed by atoms with Gasteiger partial charge in [-0.2, -0.15) is 5.26 Å². The van der Waals surface area contributed by atoms with Gasteiger partial charge < -0.3 is 4.74 Å². The van der Waals surface area contributed by atoms with E-state index >= 15 is 0 Å². The van der Waals surface area contributed by atoms with Crippen LogP contribution in [0.2, 0.25) is 0 Å². The molecule has 1 aromatic rings. The fourth-order valence-electron chi connectivity index (χ4n) is 1.57. The van der Waals surface area contributed by atoms with Gasteiger partial charge in [0.05, 0.1) is 18.6 Å². The van der Waals surface area contributed by atoms with Crippen LogP contribution in [0.4, 0.5) is 0 Å². The molecule has 0 aliphatic rings. The fourth-order valence-corrected chi connectivity index (χ4v) is 1.57. The molecule has 80 valence electrons. The summed E-state index contributed by atoms with van der Waals surface area (Å²) in [5.41, 5.74) is 1.04. The molecule has 15 heavy (non-hydrogen) atoms. The summed E-state index contributed by atoms with van der Waals surface area (Å²) in [4.78, 5) is 0. The van der Waals surface area contributed by atoms with Gasteiger partial charge in [0.15, 0.2) is 0 Å². The topological polar surface area (TPSA) is 33.0 Å². The Morgan fingerprint density at radius 3 is 2.67 bits per heavy atom. The Labute approximate surface area is 91.5 Å². The number of benzene rings is 1. The number of nitrogens with zero attached hydrogens (tertiary/aromatic N) is 1. The van der Waals surface area contributed by atoms with Gasteiger partial charge in [-0.05, 0) is 30.5 Å². The minimum atomic E-state index is -0.0505. The van der Waals surface area contributed by atoms with Gasteiger partial charge in [0.1, 0.15) is 5.75 Å². The maximum absolute atomic E-state index is 9.08. The van der Waals surface area contributed by atoms with Gasteiger partial charge in [0, 0.05) is 0 Å². The molecule has 0 bridgehead atoms. The van der Waals surface area contributed by atoms with E-state index in [-0.39, 0.29) is 5.92 Å². The summed E-state index contributed by atoms with van der Waals surface area (Å²) < 4.78 is 5.41. The molecule has 0 fully saturated rings. The Bertz CT molecular complexity index is 352. The molecule has 0 spiro atoms. The van der Waals surface area contributed by atoms with Crippen molar-refractivity contribution >= 4 is 0 Å². The first-order chi connectivity index (χ1) is 7.19. The van der Waals surface area contributed by atoms with Crippen LogP contribution < -0.4 is 4.74 Å². The number of rotatable bonds is 4. The van der Waals surface area contributed by atoms with Crippen molar-refractivity contribution in [2.45, 2.75) is 26.7 Å². The number of ether oxygens (including phenoxy) is 1. The van der Waals surface area contributed by atoms with Crippen LogP contribution in [-0.2, 0) is 0 Å². The van der Waals surface area contributed by atoms with Crippen LogP contribution in [0.3, 0.4) is 0 Å². The summed E-state index contributed by atoms with van der Waals surface area (Å²) in [6.07, 6.45) is 0. The Kier molecular flexibility index (Phi) is 4.17. The summed E-state index contributed by atoms with van der Waals surface area (Å²) >= 11 is 0. The van der Waals surface area contributed by atoms with E-state index in [0.717, 1.165) is 11.3 Å². The van der Waals surface area contributed by atoms with Crippen molar-refractivity contribution in [2.24, 2.45) is 5.92 Å². The van der Waals surface area contributed by atoms with Crippen molar-refractivity contribution in [3.05, 3.63) is 29.8 Å². The molecule has 0 aliphatic heterocycles. The molecule has 0 N–H and O–H groups in total. The standard InChI is InChI=1S/C13H17NO/c1-4-15-12-7-5-6-11(8-12)13(9-14)10(2)3/h5-8,10,13H,4H2,1-3H3. The Hall–Kier alpha value is -1.49. The maximum atomic E-state index is 9.08. The van der Waals surface area contributed by atoms with E-state index in [1.165, 1.54) is 0 Å². The second kappa shape index (κ2) is 5.41. The van der Waals surface area contributed by atoms with Gasteiger partial charge in [-0.25, -0.2) is 0 Å². The summed E-state index contributed by atoms with van der Waals surface area (Å²) in [5.74, 6) is 1.12. The first-order valence-electron chi connectivity index (χ1n) is 5.31. The van der Waals surface area contributed by atoms with E-state index < -0.39 is 0 Å². The van der Waals surface area contributed by atoms with Crippen LogP contribution in [0, 0.1) is 17.2 Å². The van der Waals surface area contributed by atoms with Crippen molar-refractivity contribution in [2.75, 3.05) is 6.61 Å². The first kappa shape index (κ1) is 11.6. The van der Waals surface area contributed by atoms with Gasteiger partial charge in [0.25, 0.3) is 0 Å². The molecule has 0 radical (unpaired) electrons. The quantitative estimate of drug-likeness (QED) is 0.751. The summed E-state index contributed by atoms with van der Waals surface area (Å²) in [7, 11) is 0. The monoisotopic (exact) mass is 203 g/mol. The van der Waals surface area contributed by atoms with Gasteiger partial charge in [-0.15, -0.1) is 0 Å². The third-order valence-corrected chi connectivity index (χ3v) is 2.33. The number of nitriles is 1. The molecule has 0 heterocycles.